The first-order valence-corrected chi connectivity index (χ1v) is 9.11. The molecule has 1 fully saturated rings. The average molecular weight is 375 g/mol. The Bertz CT molecular complexity index is 719. The van der Waals surface area contributed by atoms with Gasteiger partial charge in [0.15, 0.2) is 11.5 Å². The molecule has 1 aliphatic heterocycles. The Labute approximate surface area is 159 Å². The first-order valence-electron chi connectivity index (χ1n) is 9.11. The lowest BCUT2D eigenvalue weighted by Crippen LogP contribution is -2.31. The maximum atomic E-state index is 13.2. The lowest BCUT2D eigenvalue weighted by atomic mass is 10.1. The van der Waals surface area contributed by atoms with E-state index in [1.807, 2.05) is 12.1 Å². The van der Waals surface area contributed by atoms with Gasteiger partial charge in [0.1, 0.15) is 5.82 Å². The molecule has 1 atom stereocenters. The van der Waals surface area contributed by atoms with E-state index in [9.17, 15) is 9.50 Å². The van der Waals surface area contributed by atoms with Crippen LogP contribution in [0.25, 0.3) is 0 Å². The van der Waals surface area contributed by atoms with Crippen molar-refractivity contribution in [2.24, 2.45) is 0 Å². The van der Waals surface area contributed by atoms with Crippen LogP contribution in [-0.4, -0.2) is 43.5 Å². The van der Waals surface area contributed by atoms with Crippen LogP contribution in [0.4, 0.5) is 4.39 Å². The number of benzene rings is 2. The van der Waals surface area contributed by atoms with Crippen LogP contribution < -0.4 is 9.47 Å². The number of nitrogens with zero attached hydrogens (tertiary/aromatic N) is 1. The zero-order chi connectivity index (χ0) is 19.2. The summed E-state index contributed by atoms with van der Waals surface area (Å²) in [4.78, 5) is 2.26. The van der Waals surface area contributed by atoms with Crippen molar-refractivity contribution in [2.45, 2.75) is 32.0 Å². The molecule has 0 amide bonds. The minimum Gasteiger partial charge on any atom is -0.502 e. The molecular weight excluding hydrogens is 349 g/mol. The minimum atomic E-state index is -0.238. The van der Waals surface area contributed by atoms with E-state index < -0.39 is 0 Å². The van der Waals surface area contributed by atoms with Gasteiger partial charge < -0.3 is 19.3 Å². The molecular formula is C21H26FNO4. The number of phenolic OH excluding ortho intramolecular Hbond substituents is 1. The normalized spacial score (nSPS) is 16.7. The van der Waals surface area contributed by atoms with Crippen LogP contribution >= 0.6 is 0 Å². The Kier molecular flexibility index (Phi) is 6.53. The average Bonchev–Trinajstić information content (AvgIpc) is 3.17. The molecule has 5 nitrogen and oxygen atoms in total. The Morgan fingerprint density at radius 1 is 1.07 bits per heavy atom. The fraction of sp³-hybridized carbons (Fsp3) is 0.429. The predicted octanol–water partition coefficient (Wildman–Crippen LogP) is 3.73. The van der Waals surface area contributed by atoms with Gasteiger partial charge >= 0.3 is 0 Å². The number of hydrogen-bond acceptors (Lipinski definition) is 5. The van der Waals surface area contributed by atoms with Gasteiger partial charge in [-0.15, -0.1) is 0 Å². The van der Waals surface area contributed by atoms with E-state index in [0.29, 0.717) is 24.6 Å². The Morgan fingerprint density at radius 3 is 2.26 bits per heavy atom. The van der Waals surface area contributed by atoms with E-state index in [2.05, 4.69) is 4.90 Å². The highest BCUT2D eigenvalue weighted by molar-refractivity contribution is 5.52. The summed E-state index contributed by atoms with van der Waals surface area (Å²) in [6.07, 6.45) is 2.32. The maximum Gasteiger partial charge on any atom is 0.200 e. The van der Waals surface area contributed by atoms with E-state index in [4.69, 9.17) is 14.2 Å². The fourth-order valence-corrected chi connectivity index (χ4v) is 3.41. The molecule has 1 heterocycles. The third kappa shape index (κ3) is 5.11. The summed E-state index contributed by atoms with van der Waals surface area (Å²) in [7, 11) is 3.03. The van der Waals surface area contributed by atoms with Gasteiger partial charge in [-0.05, 0) is 48.2 Å². The molecule has 0 bridgehead atoms. The van der Waals surface area contributed by atoms with E-state index in [1.165, 1.54) is 26.4 Å². The second-order valence-corrected chi connectivity index (χ2v) is 6.78. The van der Waals surface area contributed by atoms with Crippen LogP contribution in [0.1, 0.15) is 24.0 Å². The van der Waals surface area contributed by atoms with Crippen LogP contribution in [0.5, 0.6) is 17.2 Å². The first-order chi connectivity index (χ1) is 13.1. The van der Waals surface area contributed by atoms with E-state index >= 15 is 0 Å². The van der Waals surface area contributed by atoms with Gasteiger partial charge in [-0.25, -0.2) is 4.39 Å². The third-order valence-corrected chi connectivity index (χ3v) is 4.75. The second-order valence-electron chi connectivity index (χ2n) is 6.78. The molecule has 2 aromatic carbocycles. The molecule has 0 unspecified atom stereocenters. The number of ether oxygens (including phenoxy) is 3. The van der Waals surface area contributed by atoms with Crippen molar-refractivity contribution in [1.82, 2.24) is 4.90 Å². The zero-order valence-corrected chi connectivity index (χ0v) is 15.8. The van der Waals surface area contributed by atoms with Crippen LogP contribution in [0.2, 0.25) is 0 Å². The Hall–Kier alpha value is -2.31. The summed E-state index contributed by atoms with van der Waals surface area (Å²) in [5, 5.41) is 10.1. The summed E-state index contributed by atoms with van der Waals surface area (Å²) < 4.78 is 29.5. The highest BCUT2D eigenvalue weighted by Crippen LogP contribution is 2.37. The standard InChI is InChI=1S/C21H26FNO4/c1-25-19-10-16(11-20(26-2)21(19)24)13-23(14-18-4-3-9-27-18)12-15-5-7-17(22)8-6-15/h5-8,10-11,18,24H,3-4,9,12-14H2,1-2H3/t18-/m0/s1. The largest absolute Gasteiger partial charge is 0.502 e. The molecule has 1 aliphatic rings. The van der Waals surface area contributed by atoms with Gasteiger partial charge in [-0.2, -0.15) is 0 Å². The third-order valence-electron chi connectivity index (χ3n) is 4.75. The monoisotopic (exact) mass is 375 g/mol. The second kappa shape index (κ2) is 9.06. The smallest absolute Gasteiger partial charge is 0.200 e. The first kappa shape index (κ1) is 19.5. The number of hydrogen-bond donors (Lipinski definition) is 1. The molecule has 0 spiro atoms. The molecule has 0 aromatic heterocycles. The molecule has 1 saturated heterocycles. The summed E-state index contributed by atoms with van der Waals surface area (Å²) in [5.74, 6) is 0.511. The zero-order valence-electron chi connectivity index (χ0n) is 15.8. The van der Waals surface area contributed by atoms with E-state index in [-0.39, 0.29) is 17.7 Å². The highest BCUT2D eigenvalue weighted by Gasteiger charge is 2.21. The molecule has 2 aromatic rings. The van der Waals surface area contributed by atoms with Crippen molar-refractivity contribution in [2.75, 3.05) is 27.4 Å². The van der Waals surface area contributed by atoms with E-state index in [1.54, 1.807) is 12.1 Å². The molecule has 3 rings (SSSR count). The van der Waals surface area contributed by atoms with Crippen molar-refractivity contribution >= 4 is 0 Å². The fourth-order valence-electron chi connectivity index (χ4n) is 3.41. The van der Waals surface area contributed by atoms with Crippen molar-refractivity contribution in [1.29, 1.82) is 0 Å². The predicted molar refractivity (Wildman–Crippen MR) is 101 cm³/mol. The topological polar surface area (TPSA) is 51.2 Å². The van der Waals surface area contributed by atoms with Gasteiger partial charge in [0.05, 0.1) is 20.3 Å². The number of rotatable bonds is 8. The van der Waals surface area contributed by atoms with Gasteiger partial charge in [0.25, 0.3) is 0 Å². The number of aromatic hydroxyl groups is 1. The Morgan fingerprint density at radius 2 is 1.70 bits per heavy atom. The number of methoxy groups -OCH3 is 2. The van der Waals surface area contributed by atoms with E-state index in [0.717, 1.165) is 37.1 Å². The molecule has 1 N–H and O–H groups in total. The number of phenols is 1. The van der Waals surface area contributed by atoms with Gasteiger partial charge in [-0.3, -0.25) is 4.90 Å². The molecule has 27 heavy (non-hydrogen) atoms. The summed E-state index contributed by atoms with van der Waals surface area (Å²) in [5.41, 5.74) is 1.99. The van der Waals surface area contributed by atoms with Crippen LogP contribution in [-0.2, 0) is 17.8 Å². The van der Waals surface area contributed by atoms with Crippen LogP contribution in [0, 0.1) is 5.82 Å². The highest BCUT2D eigenvalue weighted by atomic mass is 19.1. The van der Waals surface area contributed by atoms with Crippen LogP contribution in [0.3, 0.4) is 0 Å². The summed E-state index contributed by atoms with van der Waals surface area (Å²) >= 11 is 0. The quantitative estimate of drug-likeness (QED) is 0.762. The molecule has 146 valence electrons. The lowest BCUT2D eigenvalue weighted by Gasteiger charge is -2.26. The summed E-state index contributed by atoms with van der Waals surface area (Å²) in [6.45, 7) is 2.88. The molecule has 0 saturated carbocycles. The van der Waals surface area contributed by atoms with Crippen molar-refractivity contribution < 1.29 is 23.7 Å². The van der Waals surface area contributed by atoms with Crippen molar-refractivity contribution in [3.05, 3.63) is 53.3 Å². The van der Waals surface area contributed by atoms with Crippen molar-refractivity contribution in [3.63, 3.8) is 0 Å². The van der Waals surface area contributed by atoms with Gasteiger partial charge in [0, 0.05) is 26.2 Å². The molecule has 0 aliphatic carbocycles. The maximum absolute atomic E-state index is 13.2. The molecule has 0 radical (unpaired) electrons. The number of halogens is 1. The van der Waals surface area contributed by atoms with Gasteiger partial charge in [-0.1, -0.05) is 12.1 Å². The van der Waals surface area contributed by atoms with Gasteiger partial charge in [0.2, 0.25) is 5.75 Å². The SMILES string of the molecule is COc1cc(CN(Cc2ccc(F)cc2)C[C@@H]2CCCO2)cc(OC)c1O. The minimum absolute atomic E-state index is 0.00652. The lowest BCUT2D eigenvalue weighted by molar-refractivity contribution is 0.0678. The molecule has 6 heteroatoms. The Balaban J connectivity index is 1.80. The van der Waals surface area contributed by atoms with Crippen LogP contribution in [0.15, 0.2) is 36.4 Å². The van der Waals surface area contributed by atoms with Crippen molar-refractivity contribution in [3.8, 4) is 17.2 Å². The summed E-state index contributed by atoms with van der Waals surface area (Å²) in [6, 6.07) is 10.2.